The van der Waals surface area contributed by atoms with Crippen LogP contribution in [0.2, 0.25) is 0 Å². The van der Waals surface area contributed by atoms with E-state index in [0.29, 0.717) is 12.6 Å². The summed E-state index contributed by atoms with van der Waals surface area (Å²) >= 11 is 0. The van der Waals surface area contributed by atoms with Gasteiger partial charge in [0.1, 0.15) is 17.5 Å². The van der Waals surface area contributed by atoms with E-state index < -0.39 is 0 Å². The summed E-state index contributed by atoms with van der Waals surface area (Å²) in [5.74, 6) is 2.46. The van der Waals surface area contributed by atoms with E-state index in [4.69, 9.17) is 9.72 Å². The average Bonchev–Trinajstić information content (AvgIpc) is 3.22. The van der Waals surface area contributed by atoms with Crippen LogP contribution in [-0.2, 0) is 17.7 Å². The molecule has 156 valence electrons. The van der Waals surface area contributed by atoms with Gasteiger partial charge < -0.3 is 10.1 Å². The minimum absolute atomic E-state index is 0.297. The number of nitrogens with zero attached hydrogens (tertiary/aromatic N) is 5. The van der Waals surface area contributed by atoms with Crippen molar-refractivity contribution in [1.29, 1.82) is 0 Å². The molecule has 0 spiro atoms. The summed E-state index contributed by atoms with van der Waals surface area (Å²) in [7, 11) is 1.69. The Bertz CT molecular complexity index is 962. The molecule has 0 aliphatic carbocycles. The molecule has 3 aromatic heterocycles. The Hall–Kier alpha value is -2.90. The molecule has 7 heteroatoms. The van der Waals surface area contributed by atoms with Crippen molar-refractivity contribution in [3.63, 3.8) is 0 Å². The van der Waals surface area contributed by atoms with Crippen LogP contribution in [0, 0.1) is 6.92 Å². The van der Waals surface area contributed by atoms with Crippen LogP contribution in [0.1, 0.15) is 41.7 Å². The maximum absolute atomic E-state index is 5.10. The molecule has 0 bridgehead atoms. The molecule has 4 heterocycles. The largest absolute Gasteiger partial charge is 0.384 e. The van der Waals surface area contributed by atoms with Gasteiger partial charge in [0, 0.05) is 43.7 Å². The Labute approximate surface area is 177 Å². The molecule has 7 nitrogen and oxygen atoms in total. The summed E-state index contributed by atoms with van der Waals surface area (Å²) in [6.07, 6.45) is 6.87. The smallest absolute Gasteiger partial charge is 0.131 e. The Morgan fingerprint density at radius 2 is 1.83 bits per heavy atom. The minimum atomic E-state index is 0.297. The molecule has 1 fully saturated rings. The summed E-state index contributed by atoms with van der Waals surface area (Å²) in [6, 6.07) is 12.4. The normalized spacial score (nSPS) is 16.7. The lowest BCUT2D eigenvalue weighted by atomic mass is 10.1. The van der Waals surface area contributed by atoms with Gasteiger partial charge >= 0.3 is 0 Å². The highest BCUT2D eigenvalue weighted by Crippen LogP contribution is 2.32. The van der Waals surface area contributed by atoms with Crippen LogP contribution >= 0.6 is 0 Å². The number of rotatable bonds is 8. The van der Waals surface area contributed by atoms with Crippen molar-refractivity contribution < 1.29 is 4.74 Å². The van der Waals surface area contributed by atoms with Crippen LogP contribution in [0.25, 0.3) is 0 Å². The maximum atomic E-state index is 5.10. The number of hydrogen-bond donors (Lipinski definition) is 1. The van der Waals surface area contributed by atoms with E-state index in [1.54, 1.807) is 7.11 Å². The Balaban J connectivity index is 1.44. The van der Waals surface area contributed by atoms with Crippen molar-refractivity contribution in [2.45, 2.75) is 38.8 Å². The van der Waals surface area contributed by atoms with E-state index >= 15 is 0 Å². The number of nitrogens with one attached hydrogen (secondary N) is 1. The minimum Gasteiger partial charge on any atom is -0.384 e. The first-order valence-electron chi connectivity index (χ1n) is 10.4. The first kappa shape index (κ1) is 20.4. The highest BCUT2D eigenvalue weighted by Gasteiger charge is 2.27. The van der Waals surface area contributed by atoms with Gasteiger partial charge in [-0.2, -0.15) is 0 Å². The summed E-state index contributed by atoms with van der Waals surface area (Å²) in [5.41, 5.74) is 3.19. The van der Waals surface area contributed by atoms with Crippen molar-refractivity contribution >= 4 is 11.6 Å². The van der Waals surface area contributed by atoms with Crippen molar-refractivity contribution in [3.8, 4) is 0 Å². The summed E-state index contributed by atoms with van der Waals surface area (Å²) in [5, 5.41) is 3.33. The van der Waals surface area contributed by atoms with Crippen LogP contribution in [0.5, 0.6) is 0 Å². The van der Waals surface area contributed by atoms with Gasteiger partial charge in [-0.15, -0.1) is 0 Å². The van der Waals surface area contributed by atoms with E-state index in [1.807, 2.05) is 43.6 Å². The monoisotopic (exact) mass is 404 g/mol. The van der Waals surface area contributed by atoms with E-state index in [9.17, 15) is 0 Å². The molecule has 0 unspecified atom stereocenters. The first-order valence-corrected chi connectivity index (χ1v) is 10.4. The van der Waals surface area contributed by atoms with Gasteiger partial charge in [-0.25, -0.2) is 19.9 Å². The number of aromatic nitrogens is 4. The van der Waals surface area contributed by atoms with Crippen molar-refractivity contribution in [3.05, 3.63) is 71.6 Å². The molecule has 30 heavy (non-hydrogen) atoms. The third-order valence-electron chi connectivity index (χ3n) is 5.29. The zero-order valence-corrected chi connectivity index (χ0v) is 17.6. The fourth-order valence-corrected chi connectivity index (χ4v) is 3.82. The summed E-state index contributed by atoms with van der Waals surface area (Å²) in [6.45, 7) is 4.50. The maximum Gasteiger partial charge on any atom is 0.131 e. The third kappa shape index (κ3) is 5.17. The number of hydrogen-bond acceptors (Lipinski definition) is 7. The molecule has 1 atom stereocenters. The second-order valence-corrected chi connectivity index (χ2v) is 7.62. The SMILES string of the molecule is COCCc1ncc(CN2CCC[C@H]2c2cccc(Nc3cccc(C)n3)n2)cn1. The number of likely N-dealkylation sites (tertiary alicyclic amines) is 1. The Kier molecular flexibility index (Phi) is 6.61. The van der Waals surface area contributed by atoms with Crippen LogP contribution in [0.4, 0.5) is 11.6 Å². The average molecular weight is 405 g/mol. The highest BCUT2D eigenvalue weighted by molar-refractivity contribution is 5.51. The first-order chi connectivity index (χ1) is 14.7. The Morgan fingerprint density at radius 3 is 2.60 bits per heavy atom. The van der Waals surface area contributed by atoms with E-state index in [2.05, 4.69) is 37.3 Å². The lowest BCUT2D eigenvalue weighted by Gasteiger charge is -2.24. The number of pyridine rings is 2. The lowest BCUT2D eigenvalue weighted by Crippen LogP contribution is -2.24. The number of aryl methyl sites for hydroxylation is 1. The molecule has 0 aromatic carbocycles. The van der Waals surface area contributed by atoms with Gasteiger partial charge in [-0.1, -0.05) is 12.1 Å². The van der Waals surface area contributed by atoms with Gasteiger partial charge in [-0.3, -0.25) is 4.90 Å². The van der Waals surface area contributed by atoms with E-state index in [1.165, 1.54) is 0 Å². The molecule has 4 rings (SSSR count). The predicted molar refractivity (Wildman–Crippen MR) is 116 cm³/mol. The molecular formula is C23H28N6O. The highest BCUT2D eigenvalue weighted by atomic mass is 16.5. The molecule has 0 saturated carbocycles. The number of methoxy groups -OCH3 is 1. The van der Waals surface area contributed by atoms with Gasteiger partial charge in [0.2, 0.25) is 0 Å². The standard InChI is InChI=1S/C23H28N6O/c1-17-6-3-9-22(26-17)28-23-10-4-7-19(27-23)20-8-5-12-29(20)16-18-14-24-21(25-15-18)11-13-30-2/h3-4,6-7,9-10,14-15,20H,5,8,11-13,16H2,1-2H3,(H,26,27,28)/t20-/m0/s1. The lowest BCUT2D eigenvalue weighted by molar-refractivity contribution is 0.200. The van der Waals surface area contributed by atoms with Crippen molar-refractivity contribution in [1.82, 2.24) is 24.8 Å². The summed E-state index contributed by atoms with van der Waals surface area (Å²) < 4.78 is 5.10. The van der Waals surface area contributed by atoms with Gasteiger partial charge in [0.25, 0.3) is 0 Å². The fraction of sp³-hybridized carbons (Fsp3) is 0.391. The molecule has 1 aliphatic rings. The van der Waals surface area contributed by atoms with Crippen LogP contribution in [0.3, 0.4) is 0 Å². The zero-order chi connectivity index (χ0) is 20.8. The van der Waals surface area contributed by atoms with Crippen molar-refractivity contribution in [2.24, 2.45) is 0 Å². The van der Waals surface area contributed by atoms with Crippen LogP contribution in [-0.4, -0.2) is 45.1 Å². The predicted octanol–water partition coefficient (Wildman–Crippen LogP) is 3.84. The number of ether oxygens (including phenoxy) is 1. The van der Waals surface area contributed by atoms with E-state index in [-0.39, 0.29) is 0 Å². The third-order valence-corrected chi connectivity index (χ3v) is 5.29. The Morgan fingerprint density at radius 1 is 1.07 bits per heavy atom. The molecule has 1 aliphatic heterocycles. The van der Waals surface area contributed by atoms with Gasteiger partial charge in [-0.05, 0) is 50.6 Å². The molecule has 1 saturated heterocycles. The zero-order valence-electron chi connectivity index (χ0n) is 17.6. The molecule has 3 aromatic rings. The summed E-state index contributed by atoms with van der Waals surface area (Å²) in [4.78, 5) is 20.8. The quantitative estimate of drug-likeness (QED) is 0.611. The second kappa shape index (κ2) is 9.73. The van der Waals surface area contributed by atoms with E-state index in [0.717, 1.165) is 66.8 Å². The second-order valence-electron chi connectivity index (χ2n) is 7.62. The topological polar surface area (TPSA) is 76.1 Å². The van der Waals surface area contributed by atoms with Crippen LogP contribution in [0.15, 0.2) is 48.8 Å². The fourth-order valence-electron chi connectivity index (χ4n) is 3.82. The van der Waals surface area contributed by atoms with Crippen LogP contribution < -0.4 is 5.32 Å². The molecular weight excluding hydrogens is 376 g/mol. The number of anilines is 2. The molecule has 1 N–H and O–H groups in total. The van der Waals surface area contributed by atoms with Gasteiger partial charge in [0.15, 0.2) is 0 Å². The van der Waals surface area contributed by atoms with Crippen molar-refractivity contribution in [2.75, 3.05) is 25.6 Å². The van der Waals surface area contributed by atoms with Gasteiger partial charge in [0.05, 0.1) is 18.3 Å². The molecule has 0 amide bonds. The molecule has 0 radical (unpaired) electrons.